The minimum Gasteiger partial charge on any atom is -0.481 e. The molecule has 0 aromatic heterocycles. The number of aliphatic carboxylic acids is 2. The van der Waals surface area contributed by atoms with Gasteiger partial charge in [-0.25, -0.2) is 9.59 Å². The van der Waals surface area contributed by atoms with Crippen LogP contribution in [0.4, 0.5) is 4.79 Å². The number of hydrogen-bond acceptors (Lipinski definition) is 7. The van der Waals surface area contributed by atoms with E-state index < -0.39 is 54.3 Å². The fourth-order valence-corrected chi connectivity index (χ4v) is 3.69. The number of amides is 2. The highest BCUT2D eigenvalue weighted by Gasteiger charge is 2.38. The van der Waals surface area contributed by atoms with Crippen molar-refractivity contribution in [2.24, 2.45) is 0 Å². The van der Waals surface area contributed by atoms with E-state index in [1.165, 1.54) is 6.08 Å². The van der Waals surface area contributed by atoms with E-state index in [1.54, 1.807) is 17.0 Å². The fourth-order valence-electron chi connectivity index (χ4n) is 3.69. The molecule has 3 atom stereocenters. The molecule has 0 bridgehead atoms. The average molecular weight is 475 g/mol. The third-order valence-electron chi connectivity index (χ3n) is 5.39. The topological polar surface area (TPSA) is 162 Å². The molecule has 1 heterocycles. The number of carbonyl (C=O) groups is 5. The van der Waals surface area contributed by atoms with Crippen molar-refractivity contribution in [1.82, 2.24) is 15.5 Å². The zero-order chi connectivity index (χ0) is 25.1. The number of carboxylic acid groups (broad SMARTS) is 2. The summed E-state index contributed by atoms with van der Waals surface area (Å²) in [5.74, 6) is -3.53. The largest absolute Gasteiger partial charge is 0.481 e. The Labute approximate surface area is 196 Å². The second-order valence-corrected chi connectivity index (χ2v) is 7.79. The number of nitrogens with zero attached hydrogens (tertiary/aromatic N) is 1. The highest BCUT2D eigenvalue weighted by molar-refractivity contribution is 5.92. The molecule has 184 valence electrons. The molecule has 34 heavy (non-hydrogen) atoms. The molecule has 1 fully saturated rings. The van der Waals surface area contributed by atoms with Crippen molar-refractivity contribution in [3.05, 3.63) is 48.6 Å². The number of ether oxygens (including phenoxy) is 1. The summed E-state index contributed by atoms with van der Waals surface area (Å²) in [6, 6.07) is 6.01. The zero-order valence-electron chi connectivity index (χ0n) is 18.6. The molecule has 11 nitrogen and oxygen atoms in total. The van der Waals surface area contributed by atoms with Crippen LogP contribution in [0.1, 0.15) is 31.2 Å². The third kappa shape index (κ3) is 8.00. The van der Waals surface area contributed by atoms with E-state index in [-0.39, 0.29) is 19.6 Å². The van der Waals surface area contributed by atoms with Crippen molar-refractivity contribution in [1.29, 1.82) is 0 Å². The van der Waals surface area contributed by atoms with Crippen LogP contribution < -0.4 is 10.6 Å². The van der Waals surface area contributed by atoms with E-state index in [0.29, 0.717) is 19.4 Å². The maximum atomic E-state index is 12.7. The Hall–Kier alpha value is -3.73. The molecule has 1 aliphatic heterocycles. The first-order valence-corrected chi connectivity index (χ1v) is 10.8. The number of ketones is 1. The highest BCUT2D eigenvalue weighted by Crippen LogP contribution is 2.22. The van der Waals surface area contributed by atoms with Gasteiger partial charge in [0.05, 0.1) is 18.6 Å². The van der Waals surface area contributed by atoms with Gasteiger partial charge in [-0.3, -0.25) is 19.3 Å². The predicted octanol–water partition coefficient (Wildman–Crippen LogP) is 0.935. The summed E-state index contributed by atoms with van der Waals surface area (Å²) < 4.78 is 5.08. The minimum absolute atomic E-state index is 0.0484. The number of alkyl carbamates (subject to hydrolysis) is 1. The van der Waals surface area contributed by atoms with Crippen LogP contribution in [0.2, 0.25) is 0 Å². The number of Topliss-reactive ketones (excluding diaryl/α,β-unsaturated/α-hetero) is 1. The van der Waals surface area contributed by atoms with Crippen LogP contribution in [0.3, 0.4) is 0 Å². The van der Waals surface area contributed by atoms with Crippen LogP contribution in [-0.2, 0) is 30.5 Å². The number of rotatable bonds is 13. The predicted molar refractivity (Wildman–Crippen MR) is 120 cm³/mol. The number of carbonyl (C=O) groups excluding carboxylic acids is 3. The summed E-state index contributed by atoms with van der Waals surface area (Å²) in [6.07, 6.45) is 0.909. The van der Waals surface area contributed by atoms with E-state index in [9.17, 15) is 29.1 Å². The van der Waals surface area contributed by atoms with E-state index >= 15 is 0 Å². The van der Waals surface area contributed by atoms with Gasteiger partial charge >= 0.3 is 18.0 Å². The second-order valence-electron chi connectivity index (χ2n) is 7.79. The normalized spacial score (nSPS) is 17.2. The van der Waals surface area contributed by atoms with E-state index in [2.05, 4.69) is 17.2 Å². The molecule has 1 saturated heterocycles. The van der Waals surface area contributed by atoms with Gasteiger partial charge in [0.1, 0.15) is 12.6 Å². The lowest BCUT2D eigenvalue weighted by atomic mass is 10.1. The molecule has 2 unspecified atom stereocenters. The quantitative estimate of drug-likeness (QED) is 0.304. The summed E-state index contributed by atoms with van der Waals surface area (Å²) >= 11 is 0. The Morgan fingerprint density at radius 2 is 1.88 bits per heavy atom. The molecule has 1 aromatic rings. The van der Waals surface area contributed by atoms with Crippen molar-refractivity contribution >= 4 is 29.7 Å². The number of hydrogen-bond donors (Lipinski definition) is 4. The van der Waals surface area contributed by atoms with Gasteiger partial charge in [-0.2, -0.15) is 0 Å². The number of likely N-dealkylation sites (tertiary alicyclic amines) is 1. The Morgan fingerprint density at radius 1 is 1.18 bits per heavy atom. The average Bonchev–Trinajstić information content (AvgIpc) is 3.29. The first kappa shape index (κ1) is 26.5. The Bertz CT molecular complexity index is 905. The standard InChI is InChI=1S/C23H29N3O8/c1-2-17(19(27)13-24-23(33)34-14-15-7-4-3-5-8-15)26-12-6-9-18(26)21(30)25-16(22(31)32)10-11-20(28)29/h2-5,7-8,16-18H,1,6,9-14H2,(H,24,33)(H,25,30)(H,28,29)(H,31,32)/t16-,17?,18?/m0/s1. The van der Waals surface area contributed by atoms with Crippen LogP contribution in [0, 0.1) is 0 Å². The van der Waals surface area contributed by atoms with Crippen LogP contribution in [0.25, 0.3) is 0 Å². The molecule has 4 N–H and O–H groups in total. The van der Waals surface area contributed by atoms with Gasteiger partial charge in [0, 0.05) is 13.0 Å². The SMILES string of the molecule is C=CC(C(=O)CNC(=O)OCc1ccccc1)N1CCCC1C(=O)N[C@@H](CCC(=O)O)C(=O)O. The molecule has 2 amide bonds. The summed E-state index contributed by atoms with van der Waals surface area (Å²) in [5.41, 5.74) is 0.793. The van der Waals surface area contributed by atoms with Crippen molar-refractivity contribution in [3.63, 3.8) is 0 Å². The Kier molecular flexibility index (Phi) is 10.2. The molecule has 0 spiro atoms. The van der Waals surface area contributed by atoms with Gasteiger partial charge in [0.2, 0.25) is 5.91 Å². The number of nitrogens with one attached hydrogen (secondary N) is 2. The van der Waals surface area contributed by atoms with Crippen LogP contribution in [-0.4, -0.2) is 76.1 Å². The number of benzene rings is 1. The van der Waals surface area contributed by atoms with E-state index in [4.69, 9.17) is 9.84 Å². The first-order chi connectivity index (χ1) is 16.2. The lowest BCUT2D eigenvalue weighted by Gasteiger charge is -2.30. The zero-order valence-corrected chi connectivity index (χ0v) is 18.6. The third-order valence-corrected chi connectivity index (χ3v) is 5.39. The summed E-state index contributed by atoms with van der Waals surface area (Å²) in [5, 5.41) is 22.8. The maximum Gasteiger partial charge on any atom is 0.407 e. The summed E-state index contributed by atoms with van der Waals surface area (Å²) in [6.45, 7) is 3.77. The highest BCUT2D eigenvalue weighted by atomic mass is 16.5. The molecule has 0 radical (unpaired) electrons. The van der Waals surface area contributed by atoms with Crippen molar-refractivity contribution in [2.75, 3.05) is 13.1 Å². The van der Waals surface area contributed by atoms with Gasteiger partial charge in [-0.15, -0.1) is 6.58 Å². The Balaban J connectivity index is 1.91. The Morgan fingerprint density at radius 3 is 2.50 bits per heavy atom. The van der Waals surface area contributed by atoms with Gasteiger partial charge in [-0.1, -0.05) is 36.4 Å². The first-order valence-electron chi connectivity index (χ1n) is 10.8. The van der Waals surface area contributed by atoms with E-state index in [1.807, 2.05) is 18.2 Å². The number of carboxylic acids is 2. The van der Waals surface area contributed by atoms with Crippen molar-refractivity contribution in [3.8, 4) is 0 Å². The molecule has 2 rings (SSSR count). The van der Waals surface area contributed by atoms with Crippen LogP contribution in [0.5, 0.6) is 0 Å². The molecule has 0 saturated carbocycles. The maximum absolute atomic E-state index is 12.7. The minimum atomic E-state index is -1.36. The van der Waals surface area contributed by atoms with Crippen molar-refractivity contribution in [2.45, 2.75) is 50.4 Å². The van der Waals surface area contributed by atoms with E-state index in [0.717, 1.165) is 5.56 Å². The lowest BCUT2D eigenvalue weighted by molar-refractivity contribution is -0.144. The van der Waals surface area contributed by atoms with Gasteiger partial charge in [0.15, 0.2) is 5.78 Å². The molecular weight excluding hydrogens is 446 g/mol. The van der Waals surface area contributed by atoms with Gasteiger partial charge in [-0.05, 0) is 24.8 Å². The summed E-state index contributed by atoms with van der Waals surface area (Å²) in [4.78, 5) is 61.2. The van der Waals surface area contributed by atoms with Crippen LogP contribution in [0.15, 0.2) is 43.0 Å². The van der Waals surface area contributed by atoms with Crippen molar-refractivity contribution < 1.29 is 38.9 Å². The molecular formula is C23H29N3O8. The van der Waals surface area contributed by atoms with Gasteiger partial charge < -0.3 is 25.6 Å². The monoisotopic (exact) mass is 475 g/mol. The molecule has 1 aliphatic rings. The molecule has 11 heteroatoms. The van der Waals surface area contributed by atoms with Crippen LogP contribution >= 0.6 is 0 Å². The molecule has 1 aromatic carbocycles. The molecule has 0 aliphatic carbocycles. The fraction of sp³-hybridized carbons (Fsp3) is 0.435. The van der Waals surface area contributed by atoms with Gasteiger partial charge in [0.25, 0.3) is 0 Å². The second kappa shape index (κ2) is 13.1. The summed E-state index contributed by atoms with van der Waals surface area (Å²) in [7, 11) is 0. The smallest absolute Gasteiger partial charge is 0.407 e. The lowest BCUT2D eigenvalue weighted by Crippen LogP contribution is -2.54.